The van der Waals surface area contributed by atoms with Gasteiger partial charge in [-0.1, -0.05) is 11.6 Å². The first-order chi connectivity index (χ1) is 9.20. The van der Waals surface area contributed by atoms with E-state index in [2.05, 4.69) is 5.32 Å². The summed E-state index contributed by atoms with van der Waals surface area (Å²) in [5.74, 6) is 1.06. The molecular formula is C14H18ClNO2S. The van der Waals surface area contributed by atoms with E-state index >= 15 is 0 Å². The molecule has 1 aromatic rings. The summed E-state index contributed by atoms with van der Waals surface area (Å²) in [7, 11) is 0. The minimum absolute atomic E-state index is 0.0521. The standard InChI is InChI=1S/C14H18ClNO2S/c15-10-4-5-13-11(9-10)12(6-8-19-13)16-14(18)3-1-2-7-17/h4-5,9,12,17H,1-3,6-8H2,(H,16,18). The number of amides is 1. The zero-order valence-corrected chi connectivity index (χ0v) is 12.3. The Morgan fingerprint density at radius 2 is 2.32 bits per heavy atom. The van der Waals surface area contributed by atoms with E-state index in [1.165, 1.54) is 4.90 Å². The van der Waals surface area contributed by atoms with Crippen molar-refractivity contribution < 1.29 is 9.90 Å². The number of carbonyl (C=O) groups excluding carboxylic acids is 1. The number of thioether (sulfide) groups is 1. The molecule has 0 saturated carbocycles. The van der Waals surface area contributed by atoms with Crippen molar-refractivity contribution in [1.29, 1.82) is 0 Å². The van der Waals surface area contributed by atoms with Crippen molar-refractivity contribution in [3.8, 4) is 0 Å². The minimum Gasteiger partial charge on any atom is -0.396 e. The number of unbranched alkanes of at least 4 members (excludes halogenated alkanes) is 1. The van der Waals surface area contributed by atoms with Crippen LogP contribution in [0.25, 0.3) is 0 Å². The maximum atomic E-state index is 11.8. The molecule has 2 rings (SSSR count). The first-order valence-electron chi connectivity index (χ1n) is 6.53. The fourth-order valence-electron chi connectivity index (χ4n) is 2.18. The number of carbonyl (C=O) groups is 1. The molecule has 1 amide bonds. The topological polar surface area (TPSA) is 49.3 Å². The van der Waals surface area contributed by atoms with E-state index in [4.69, 9.17) is 16.7 Å². The summed E-state index contributed by atoms with van der Waals surface area (Å²) < 4.78 is 0. The van der Waals surface area contributed by atoms with Crippen molar-refractivity contribution in [2.45, 2.75) is 36.6 Å². The third-order valence-corrected chi connectivity index (χ3v) is 4.52. The van der Waals surface area contributed by atoms with Gasteiger partial charge in [0.1, 0.15) is 0 Å². The van der Waals surface area contributed by atoms with Gasteiger partial charge in [0.15, 0.2) is 0 Å². The normalized spacial score (nSPS) is 17.9. The fraction of sp³-hybridized carbons (Fsp3) is 0.500. The SMILES string of the molecule is O=C(CCCCO)NC1CCSc2ccc(Cl)cc21. The molecule has 1 heterocycles. The lowest BCUT2D eigenvalue weighted by Crippen LogP contribution is -2.30. The number of hydrogen-bond acceptors (Lipinski definition) is 3. The Morgan fingerprint density at radius 3 is 3.11 bits per heavy atom. The molecule has 0 aromatic heterocycles. The van der Waals surface area contributed by atoms with Crippen LogP contribution in [0, 0.1) is 0 Å². The van der Waals surface area contributed by atoms with Gasteiger partial charge in [-0.15, -0.1) is 11.8 Å². The highest BCUT2D eigenvalue weighted by molar-refractivity contribution is 7.99. The van der Waals surface area contributed by atoms with Crippen molar-refractivity contribution in [1.82, 2.24) is 5.32 Å². The zero-order chi connectivity index (χ0) is 13.7. The zero-order valence-electron chi connectivity index (χ0n) is 10.7. The fourth-order valence-corrected chi connectivity index (χ4v) is 3.47. The van der Waals surface area contributed by atoms with Crippen LogP contribution < -0.4 is 5.32 Å². The van der Waals surface area contributed by atoms with E-state index in [1.807, 2.05) is 18.2 Å². The van der Waals surface area contributed by atoms with E-state index in [-0.39, 0.29) is 18.6 Å². The van der Waals surface area contributed by atoms with Gasteiger partial charge in [-0.25, -0.2) is 0 Å². The molecule has 5 heteroatoms. The maximum Gasteiger partial charge on any atom is 0.220 e. The number of benzene rings is 1. The molecule has 0 spiro atoms. The van der Waals surface area contributed by atoms with Crippen LogP contribution >= 0.6 is 23.4 Å². The third-order valence-electron chi connectivity index (χ3n) is 3.16. The molecule has 1 aliphatic heterocycles. The van der Waals surface area contributed by atoms with E-state index in [1.54, 1.807) is 11.8 Å². The number of aliphatic hydroxyl groups is 1. The third kappa shape index (κ3) is 4.13. The Kier molecular flexibility index (Phi) is 5.55. The number of halogens is 1. The first kappa shape index (κ1) is 14.7. The molecule has 0 radical (unpaired) electrons. The summed E-state index contributed by atoms with van der Waals surface area (Å²) in [6.07, 6.45) is 2.81. The Hall–Kier alpha value is -0.710. The van der Waals surface area contributed by atoms with Crippen molar-refractivity contribution >= 4 is 29.3 Å². The lowest BCUT2D eigenvalue weighted by atomic mass is 10.0. The number of rotatable bonds is 5. The summed E-state index contributed by atoms with van der Waals surface area (Å²) >= 11 is 7.84. The second-order valence-corrected chi connectivity index (χ2v) is 6.19. The van der Waals surface area contributed by atoms with E-state index in [9.17, 15) is 4.79 Å². The van der Waals surface area contributed by atoms with Gasteiger partial charge in [0.25, 0.3) is 0 Å². The summed E-state index contributed by atoms with van der Waals surface area (Å²) in [6, 6.07) is 5.92. The lowest BCUT2D eigenvalue weighted by molar-refractivity contribution is -0.122. The summed E-state index contributed by atoms with van der Waals surface area (Å²) in [5, 5.41) is 12.5. The highest BCUT2D eigenvalue weighted by Gasteiger charge is 2.22. The van der Waals surface area contributed by atoms with Gasteiger partial charge < -0.3 is 10.4 Å². The minimum atomic E-state index is 0.0521. The highest BCUT2D eigenvalue weighted by atomic mass is 35.5. The van der Waals surface area contributed by atoms with Gasteiger partial charge in [0, 0.05) is 28.7 Å². The molecule has 1 unspecified atom stereocenters. The molecule has 3 nitrogen and oxygen atoms in total. The largest absolute Gasteiger partial charge is 0.396 e. The number of hydrogen-bond donors (Lipinski definition) is 2. The van der Waals surface area contributed by atoms with Crippen LogP contribution in [-0.4, -0.2) is 23.4 Å². The molecule has 0 aliphatic carbocycles. The van der Waals surface area contributed by atoms with Crippen molar-refractivity contribution in [2.75, 3.05) is 12.4 Å². The molecular weight excluding hydrogens is 282 g/mol. The van der Waals surface area contributed by atoms with Crippen LogP contribution in [0.2, 0.25) is 5.02 Å². The Bertz CT molecular complexity index is 453. The summed E-state index contributed by atoms with van der Waals surface area (Å²) in [4.78, 5) is 13.1. The molecule has 1 aromatic carbocycles. The smallest absolute Gasteiger partial charge is 0.220 e. The van der Waals surface area contributed by atoms with Gasteiger partial charge >= 0.3 is 0 Å². The van der Waals surface area contributed by atoms with E-state index in [0.717, 1.165) is 24.2 Å². The van der Waals surface area contributed by atoms with Crippen molar-refractivity contribution in [2.24, 2.45) is 0 Å². The molecule has 104 valence electrons. The maximum absolute atomic E-state index is 11.8. The van der Waals surface area contributed by atoms with Crippen LogP contribution in [0.15, 0.2) is 23.1 Å². The van der Waals surface area contributed by atoms with Gasteiger partial charge in [0.05, 0.1) is 6.04 Å². The average molecular weight is 300 g/mol. The van der Waals surface area contributed by atoms with Crippen LogP contribution in [0.4, 0.5) is 0 Å². The lowest BCUT2D eigenvalue weighted by Gasteiger charge is -2.26. The Balaban J connectivity index is 1.99. The predicted octanol–water partition coefficient (Wildman–Crippen LogP) is 3.16. The predicted molar refractivity (Wildman–Crippen MR) is 78.6 cm³/mol. The Morgan fingerprint density at radius 1 is 1.47 bits per heavy atom. The molecule has 0 saturated heterocycles. The van der Waals surface area contributed by atoms with Crippen LogP contribution in [0.3, 0.4) is 0 Å². The van der Waals surface area contributed by atoms with Crippen molar-refractivity contribution in [3.63, 3.8) is 0 Å². The molecule has 19 heavy (non-hydrogen) atoms. The second kappa shape index (κ2) is 7.17. The van der Waals surface area contributed by atoms with E-state index in [0.29, 0.717) is 17.9 Å². The molecule has 0 fully saturated rings. The molecule has 1 aliphatic rings. The molecule has 0 bridgehead atoms. The van der Waals surface area contributed by atoms with Gasteiger partial charge in [-0.2, -0.15) is 0 Å². The number of fused-ring (bicyclic) bond motifs is 1. The van der Waals surface area contributed by atoms with Crippen molar-refractivity contribution in [3.05, 3.63) is 28.8 Å². The van der Waals surface area contributed by atoms with Crippen LogP contribution in [-0.2, 0) is 4.79 Å². The van der Waals surface area contributed by atoms with Gasteiger partial charge in [0.2, 0.25) is 5.91 Å². The molecule has 1 atom stereocenters. The van der Waals surface area contributed by atoms with Crippen LogP contribution in [0.5, 0.6) is 0 Å². The van der Waals surface area contributed by atoms with E-state index < -0.39 is 0 Å². The number of aliphatic hydroxyl groups excluding tert-OH is 1. The van der Waals surface area contributed by atoms with Crippen LogP contribution in [0.1, 0.15) is 37.3 Å². The number of nitrogens with one attached hydrogen (secondary N) is 1. The van der Waals surface area contributed by atoms with Gasteiger partial charge in [-0.3, -0.25) is 4.79 Å². The van der Waals surface area contributed by atoms with Gasteiger partial charge in [-0.05, 0) is 43.0 Å². The summed E-state index contributed by atoms with van der Waals surface area (Å²) in [5.41, 5.74) is 1.12. The summed E-state index contributed by atoms with van der Waals surface area (Å²) in [6.45, 7) is 0.145. The quantitative estimate of drug-likeness (QED) is 0.821. The average Bonchev–Trinajstić information content (AvgIpc) is 2.40. The Labute approximate surface area is 122 Å². The molecule has 2 N–H and O–H groups in total. The highest BCUT2D eigenvalue weighted by Crippen LogP contribution is 2.37. The second-order valence-electron chi connectivity index (χ2n) is 4.62. The first-order valence-corrected chi connectivity index (χ1v) is 7.89. The monoisotopic (exact) mass is 299 g/mol.